The van der Waals surface area contributed by atoms with Crippen LogP contribution in [0.1, 0.15) is 24.0 Å². The molecule has 2 amide bonds. The summed E-state index contributed by atoms with van der Waals surface area (Å²) in [6.07, 6.45) is 4.17. The van der Waals surface area contributed by atoms with Crippen molar-refractivity contribution >= 4 is 43.1 Å². The predicted octanol–water partition coefficient (Wildman–Crippen LogP) is 6.47. The first-order chi connectivity index (χ1) is 23.6. The highest BCUT2D eigenvalue weighted by atomic mass is 32.2. The van der Waals surface area contributed by atoms with Gasteiger partial charge in [-0.05, 0) is 68.8 Å². The molecule has 3 aromatic heterocycles. The number of nitrogens with one attached hydrogen (secondary N) is 2. The van der Waals surface area contributed by atoms with Crippen LogP contribution in [0.4, 0.5) is 14.9 Å². The van der Waals surface area contributed by atoms with Crippen molar-refractivity contribution in [2.45, 2.75) is 42.5 Å². The Labute approximate surface area is 288 Å². The van der Waals surface area contributed by atoms with Gasteiger partial charge in [0.1, 0.15) is 5.75 Å². The fourth-order valence-corrected chi connectivity index (χ4v) is 8.95. The van der Waals surface area contributed by atoms with Gasteiger partial charge in [-0.2, -0.15) is 0 Å². The molecule has 1 saturated carbocycles. The van der Waals surface area contributed by atoms with Crippen LogP contribution in [0.15, 0.2) is 84.0 Å². The number of urea groups is 1. The Bertz CT molecular complexity index is 2080. The molecule has 13 heteroatoms. The van der Waals surface area contributed by atoms with Crippen LogP contribution in [-0.2, 0) is 16.4 Å². The second-order valence-electron chi connectivity index (χ2n) is 12.8. The number of aromatic nitrogens is 2. The van der Waals surface area contributed by atoms with Gasteiger partial charge in [-0.15, -0.1) is 11.3 Å². The molecule has 1 saturated heterocycles. The van der Waals surface area contributed by atoms with Crippen molar-refractivity contribution in [2.75, 3.05) is 38.5 Å². The summed E-state index contributed by atoms with van der Waals surface area (Å²) in [5.41, 5.74) is 3.95. The predicted molar refractivity (Wildman–Crippen MR) is 189 cm³/mol. The van der Waals surface area contributed by atoms with E-state index in [0.717, 1.165) is 59.1 Å². The van der Waals surface area contributed by atoms with Gasteiger partial charge in [-0.1, -0.05) is 23.8 Å². The number of thiophene rings is 1. The lowest BCUT2D eigenvalue weighted by Gasteiger charge is -2.35. The number of anilines is 1. The van der Waals surface area contributed by atoms with Crippen LogP contribution in [0.2, 0.25) is 0 Å². The lowest BCUT2D eigenvalue weighted by Crippen LogP contribution is -2.50. The van der Waals surface area contributed by atoms with Crippen LogP contribution in [0.3, 0.4) is 0 Å². The third-order valence-corrected chi connectivity index (χ3v) is 12.4. The van der Waals surface area contributed by atoms with E-state index < -0.39 is 26.9 Å². The van der Waals surface area contributed by atoms with E-state index in [1.807, 2.05) is 25.3 Å². The van der Waals surface area contributed by atoms with Gasteiger partial charge in [0, 0.05) is 69.0 Å². The Morgan fingerprint density at radius 3 is 2.47 bits per heavy atom. The zero-order valence-corrected chi connectivity index (χ0v) is 28.9. The molecule has 2 N–H and O–H groups in total. The molecular formula is C36H37FN6O4S2. The van der Waals surface area contributed by atoms with E-state index in [4.69, 9.17) is 9.72 Å². The molecule has 0 atom stereocenters. The number of halogens is 1. The van der Waals surface area contributed by atoms with E-state index in [2.05, 4.69) is 38.5 Å². The monoisotopic (exact) mass is 700 g/mol. The number of nitrogens with zero attached hydrogens (tertiary/aromatic N) is 4. The smallest absolute Gasteiger partial charge is 0.319 e. The van der Waals surface area contributed by atoms with E-state index in [1.54, 1.807) is 42.6 Å². The quantitative estimate of drug-likeness (QED) is 0.180. The lowest BCUT2D eigenvalue weighted by molar-refractivity contribution is 0.148. The Hall–Kier alpha value is -4.43. The third-order valence-electron chi connectivity index (χ3n) is 9.08. The molecule has 0 bridgehead atoms. The molecule has 2 aliphatic rings. The molecule has 1 aliphatic carbocycles. The zero-order valence-electron chi connectivity index (χ0n) is 27.2. The number of likely N-dealkylation sites (N-methyl/N-ethyl adjacent to an activating group) is 1. The van der Waals surface area contributed by atoms with Crippen LogP contribution in [0.25, 0.3) is 20.8 Å². The van der Waals surface area contributed by atoms with Gasteiger partial charge in [0.05, 0.1) is 30.9 Å². The van der Waals surface area contributed by atoms with Crippen LogP contribution in [0.5, 0.6) is 11.5 Å². The van der Waals surface area contributed by atoms with Gasteiger partial charge in [-0.3, -0.25) is 14.9 Å². The Kier molecular flexibility index (Phi) is 9.34. The van der Waals surface area contributed by atoms with Crippen molar-refractivity contribution in [3.63, 3.8) is 0 Å². The molecule has 4 heterocycles. The number of hydrogen-bond donors (Lipinski definition) is 2. The average molecular weight is 701 g/mol. The fraction of sp³-hybridized carbons (Fsp3) is 0.306. The summed E-state index contributed by atoms with van der Waals surface area (Å²) in [6, 6.07) is 17.9. The van der Waals surface area contributed by atoms with E-state index in [-0.39, 0.29) is 22.4 Å². The number of pyridine rings is 2. The maximum atomic E-state index is 15.2. The minimum atomic E-state index is -3.46. The largest absolute Gasteiger partial charge is 0.453 e. The van der Waals surface area contributed by atoms with Gasteiger partial charge >= 0.3 is 6.03 Å². The second-order valence-corrected chi connectivity index (χ2v) is 16.0. The molecule has 254 valence electrons. The SMILES string of the molecule is Cc1ccc(S(=O)(=O)C2CC(NC(=O)Nc3ccc(Oc4ccnc5cc(-c6ccc(CN7CCN(C)CC7)cn6)sc45)c(F)c3)C2)cc1. The van der Waals surface area contributed by atoms with E-state index in [0.29, 0.717) is 18.6 Å². The summed E-state index contributed by atoms with van der Waals surface area (Å²) in [4.78, 5) is 27.8. The van der Waals surface area contributed by atoms with E-state index >= 15 is 4.39 Å². The van der Waals surface area contributed by atoms with Crippen molar-refractivity contribution in [1.29, 1.82) is 0 Å². The van der Waals surface area contributed by atoms with Crippen LogP contribution in [0, 0.1) is 12.7 Å². The van der Waals surface area contributed by atoms with Gasteiger partial charge in [0.15, 0.2) is 21.4 Å². The first-order valence-corrected chi connectivity index (χ1v) is 18.6. The molecule has 5 aromatic rings. The molecule has 10 nitrogen and oxygen atoms in total. The number of aryl methyl sites for hydroxylation is 1. The van der Waals surface area contributed by atoms with E-state index in [1.165, 1.54) is 29.0 Å². The summed E-state index contributed by atoms with van der Waals surface area (Å²) >= 11 is 1.48. The van der Waals surface area contributed by atoms with Crippen molar-refractivity contribution in [2.24, 2.45) is 0 Å². The number of amides is 2. The number of carbonyl (C=O) groups excluding carboxylic acids is 1. The maximum Gasteiger partial charge on any atom is 0.319 e. The molecule has 2 fully saturated rings. The summed E-state index contributed by atoms with van der Waals surface area (Å²) in [5.74, 6) is -0.182. The normalized spacial score (nSPS) is 18.6. The van der Waals surface area contributed by atoms with E-state index in [9.17, 15) is 13.2 Å². The minimum Gasteiger partial charge on any atom is -0.453 e. The number of fused-ring (bicyclic) bond motifs is 1. The molecule has 0 spiro atoms. The van der Waals surface area contributed by atoms with Crippen molar-refractivity contribution < 1.29 is 22.3 Å². The number of ether oxygens (including phenoxy) is 1. The van der Waals surface area contributed by atoms with Crippen molar-refractivity contribution in [3.05, 3.63) is 96.1 Å². The highest BCUT2D eigenvalue weighted by Crippen LogP contribution is 2.39. The molecule has 0 unspecified atom stereocenters. The highest BCUT2D eigenvalue weighted by Gasteiger charge is 2.40. The third kappa shape index (κ3) is 7.44. The number of benzene rings is 2. The number of hydrogen-bond acceptors (Lipinski definition) is 9. The van der Waals surface area contributed by atoms with Gasteiger partial charge in [0.2, 0.25) is 0 Å². The second kappa shape index (κ2) is 13.8. The summed E-state index contributed by atoms with van der Waals surface area (Å²) in [5, 5.41) is 4.85. The summed E-state index contributed by atoms with van der Waals surface area (Å²) in [6.45, 7) is 7.01. The van der Waals surface area contributed by atoms with Gasteiger partial charge < -0.3 is 20.3 Å². The molecule has 7 rings (SSSR count). The lowest BCUT2D eigenvalue weighted by atomic mass is 9.92. The molecule has 1 aliphatic heterocycles. The zero-order chi connectivity index (χ0) is 34.1. The first-order valence-electron chi connectivity index (χ1n) is 16.2. The fourth-order valence-electron chi connectivity index (χ4n) is 6.04. The molecule has 49 heavy (non-hydrogen) atoms. The Balaban J connectivity index is 0.952. The maximum absolute atomic E-state index is 15.2. The van der Waals surface area contributed by atoms with Gasteiger partial charge in [-0.25, -0.2) is 17.6 Å². The van der Waals surface area contributed by atoms with Crippen LogP contribution >= 0.6 is 11.3 Å². The number of rotatable bonds is 9. The molecule has 2 aromatic carbocycles. The molecule has 0 radical (unpaired) electrons. The number of piperazine rings is 1. The average Bonchev–Trinajstić information content (AvgIpc) is 3.51. The molecular weight excluding hydrogens is 664 g/mol. The summed E-state index contributed by atoms with van der Waals surface area (Å²) in [7, 11) is -1.31. The van der Waals surface area contributed by atoms with Crippen molar-refractivity contribution in [3.8, 4) is 22.1 Å². The number of carbonyl (C=O) groups is 1. The summed E-state index contributed by atoms with van der Waals surface area (Å²) < 4.78 is 47.7. The van der Waals surface area contributed by atoms with Crippen molar-refractivity contribution in [1.82, 2.24) is 25.1 Å². The Morgan fingerprint density at radius 2 is 1.76 bits per heavy atom. The topological polar surface area (TPSA) is 117 Å². The van der Waals surface area contributed by atoms with Crippen LogP contribution < -0.4 is 15.4 Å². The van der Waals surface area contributed by atoms with Crippen LogP contribution in [-0.4, -0.2) is 78.7 Å². The Morgan fingerprint density at radius 1 is 0.980 bits per heavy atom. The first kappa shape index (κ1) is 33.1. The standard InChI is InChI=1S/C36H37FN6O4S2/c1-23-3-7-27(8-4-23)49(45,46)28-17-26(18-28)41-36(44)40-25-6-10-32(29(37)19-25)47-33-11-12-38-31-20-34(48-35(31)33)30-9-5-24(21-39-30)22-43-15-13-42(2)14-16-43/h3-12,19-21,26,28H,13-18,22H2,1-2H3,(H2,40,41,44). The van der Waals surface area contributed by atoms with Gasteiger partial charge in [0.25, 0.3) is 0 Å². The highest BCUT2D eigenvalue weighted by molar-refractivity contribution is 7.92. The number of sulfone groups is 1. The minimum absolute atomic E-state index is 0.00272.